The van der Waals surface area contributed by atoms with Crippen LogP contribution in [-0.4, -0.2) is 42.4 Å². The molecule has 0 aromatic carbocycles. The fraction of sp³-hybridized carbons (Fsp3) is 0.800. The zero-order valence-corrected chi connectivity index (χ0v) is 8.20. The van der Waals surface area contributed by atoms with E-state index in [0.717, 1.165) is 19.3 Å². The molecule has 4 nitrogen and oxygen atoms in total. The van der Waals surface area contributed by atoms with Gasteiger partial charge in [0.15, 0.2) is 5.78 Å². The Morgan fingerprint density at radius 3 is 2.93 bits per heavy atom. The van der Waals surface area contributed by atoms with Crippen molar-refractivity contribution >= 4 is 11.7 Å². The van der Waals surface area contributed by atoms with Crippen molar-refractivity contribution in [2.75, 3.05) is 19.7 Å². The van der Waals surface area contributed by atoms with Crippen molar-refractivity contribution in [1.82, 2.24) is 4.90 Å². The second-order valence-electron chi connectivity index (χ2n) is 3.90. The maximum atomic E-state index is 11.8. The van der Waals surface area contributed by atoms with Gasteiger partial charge in [0.05, 0.1) is 6.54 Å². The SMILES string of the molecule is O=C1CCCN(C(=O)C2CCCO2)C1. The van der Waals surface area contributed by atoms with E-state index in [4.69, 9.17) is 4.74 Å². The summed E-state index contributed by atoms with van der Waals surface area (Å²) < 4.78 is 5.30. The highest BCUT2D eigenvalue weighted by molar-refractivity contribution is 5.89. The number of hydrogen-bond acceptors (Lipinski definition) is 3. The van der Waals surface area contributed by atoms with Crippen molar-refractivity contribution in [3.05, 3.63) is 0 Å². The molecule has 0 spiro atoms. The van der Waals surface area contributed by atoms with E-state index in [1.54, 1.807) is 4.90 Å². The van der Waals surface area contributed by atoms with Crippen LogP contribution in [0.15, 0.2) is 0 Å². The Bertz CT molecular complexity index is 246. The van der Waals surface area contributed by atoms with Crippen LogP contribution in [0.4, 0.5) is 0 Å². The van der Waals surface area contributed by atoms with E-state index in [0.29, 0.717) is 26.1 Å². The van der Waals surface area contributed by atoms with Crippen LogP contribution in [0.1, 0.15) is 25.7 Å². The summed E-state index contributed by atoms with van der Waals surface area (Å²) >= 11 is 0. The molecular formula is C10H15NO3. The standard InChI is InChI=1S/C10H15NO3/c12-8-3-1-5-11(7-8)10(13)9-4-2-6-14-9/h9H,1-7H2. The minimum atomic E-state index is -0.277. The maximum absolute atomic E-state index is 11.8. The van der Waals surface area contributed by atoms with Crippen molar-refractivity contribution in [3.8, 4) is 0 Å². The molecule has 1 unspecified atom stereocenters. The molecule has 78 valence electrons. The summed E-state index contributed by atoms with van der Waals surface area (Å²) in [6, 6.07) is 0. The third-order valence-corrected chi connectivity index (χ3v) is 2.77. The summed E-state index contributed by atoms with van der Waals surface area (Å²) in [5.41, 5.74) is 0. The molecule has 0 aromatic heterocycles. The highest BCUT2D eigenvalue weighted by Crippen LogP contribution is 2.16. The van der Waals surface area contributed by atoms with Gasteiger partial charge in [0.1, 0.15) is 6.10 Å². The van der Waals surface area contributed by atoms with Gasteiger partial charge in [-0.1, -0.05) is 0 Å². The van der Waals surface area contributed by atoms with Gasteiger partial charge >= 0.3 is 0 Å². The average molecular weight is 197 g/mol. The average Bonchev–Trinajstić information content (AvgIpc) is 2.69. The van der Waals surface area contributed by atoms with Crippen LogP contribution in [0.25, 0.3) is 0 Å². The molecule has 0 bridgehead atoms. The number of ether oxygens (including phenoxy) is 1. The molecule has 2 aliphatic heterocycles. The number of nitrogens with zero attached hydrogens (tertiary/aromatic N) is 1. The summed E-state index contributed by atoms with van der Waals surface area (Å²) in [5, 5.41) is 0. The predicted molar refractivity (Wildman–Crippen MR) is 49.8 cm³/mol. The maximum Gasteiger partial charge on any atom is 0.252 e. The number of carbonyl (C=O) groups excluding carboxylic acids is 2. The number of likely N-dealkylation sites (tertiary alicyclic amines) is 1. The van der Waals surface area contributed by atoms with E-state index in [2.05, 4.69) is 0 Å². The lowest BCUT2D eigenvalue weighted by Gasteiger charge is -2.27. The molecular weight excluding hydrogens is 182 g/mol. The normalized spacial score (nSPS) is 28.1. The van der Waals surface area contributed by atoms with Gasteiger partial charge in [-0.05, 0) is 19.3 Å². The first-order chi connectivity index (χ1) is 6.77. The van der Waals surface area contributed by atoms with Crippen LogP contribution in [0, 0.1) is 0 Å². The monoisotopic (exact) mass is 197 g/mol. The minimum Gasteiger partial charge on any atom is -0.368 e. The number of ketones is 1. The Morgan fingerprint density at radius 2 is 2.29 bits per heavy atom. The molecule has 2 aliphatic rings. The van der Waals surface area contributed by atoms with E-state index in [-0.39, 0.29) is 17.8 Å². The van der Waals surface area contributed by atoms with E-state index < -0.39 is 0 Å². The van der Waals surface area contributed by atoms with Crippen LogP contribution in [0.2, 0.25) is 0 Å². The molecule has 2 heterocycles. The zero-order valence-electron chi connectivity index (χ0n) is 8.20. The summed E-state index contributed by atoms with van der Waals surface area (Å²) in [6.45, 7) is 1.68. The molecule has 2 rings (SSSR count). The van der Waals surface area contributed by atoms with Crippen molar-refractivity contribution in [1.29, 1.82) is 0 Å². The second kappa shape index (κ2) is 4.09. The molecule has 1 atom stereocenters. The molecule has 4 heteroatoms. The number of hydrogen-bond donors (Lipinski definition) is 0. The summed E-state index contributed by atoms with van der Waals surface area (Å²) in [6.07, 6.45) is 2.91. The van der Waals surface area contributed by atoms with Gasteiger partial charge in [-0.3, -0.25) is 9.59 Å². The zero-order chi connectivity index (χ0) is 9.97. The number of amides is 1. The molecule has 14 heavy (non-hydrogen) atoms. The van der Waals surface area contributed by atoms with Gasteiger partial charge in [0, 0.05) is 19.6 Å². The molecule has 0 aromatic rings. The van der Waals surface area contributed by atoms with E-state index in [1.165, 1.54) is 0 Å². The predicted octanol–water partition coefficient (Wildman–Crippen LogP) is 0.357. The summed E-state index contributed by atoms with van der Waals surface area (Å²) in [7, 11) is 0. The van der Waals surface area contributed by atoms with Crippen LogP contribution in [0.3, 0.4) is 0 Å². The molecule has 0 saturated carbocycles. The van der Waals surface area contributed by atoms with E-state index in [9.17, 15) is 9.59 Å². The van der Waals surface area contributed by atoms with Gasteiger partial charge in [0.25, 0.3) is 5.91 Å². The molecule has 2 fully saturated rings. The minimum absolute atomic E-state index is 0.00977. The second-order valence-corrected chi connectivity index (χ2v) is 3.90. The van der Waals surface area contributed by atoms with Gasteiger partial charge in [-0.2, -0.15) is 0 Å². The smallest absolute Gasteiger partial charge is 0.252 e. The molecule has 0 aliphatic carbocycles. The third kappa shape index (κ3) is 1.95. The number of carbonyl (C=O) groups is 2. The molecule has 1 amide bonds. The van der Waals surface area contributed by atoms with Crippen LogP contribution >= 0.6 is 0 Å². The highest BCUT2D eigenvalue weighted by atomic mass is 16.5. The van der Waals surface area contributed by atoms with Gasteiger partial charge < -0.3 is 9.64 Å². The van der Waals surface area contributed by atoms with Crippen molar-refractivity contribution < 1.29 is 14.3 Å². The third-order valence-electron chi connectivity index (χ3n) is 2.77. The summed E-state index contributed by atoms with van der Waals surface area (Å²) in [5.74, 6) is 0.179. The Morgan fingerprint density at radius 1 is 1.43 bits per heavy atom. The van der Waals surface area contributed by atoms with Gasteiger partial charge in [-0.15, -0.1) is 0 Å². The highest BCUT2D eigenvalue weighted by Gasteiger charge is 2.30. The van der Waals surface area contributed by atoms with Crippen molar-refractivity contribution in [2.24, 2.45) is 0 Å². The van der Waals surface area contributed by atoms with Crippen molar-refractivity contribution in [2.45, 2.75) is 31.8 Å². The summed E-state index contributed by atoms with van der Waals surface area (Å²) in [4.78, 5) is 24.6. The number of rotatable bonds is 1. The lowest BCUT2D eigenvalue weighted by atomic mass is 10.1. The Hall–Kier alpha value is -0.900. The lowest BCUT2D eigenvalue weighted by Crippen LogP contribution is -2.45. The van der Waals surface area contributed by atoms with Crippen LogP contribution < -0.4 is 0 Å². The quantitative estimate of drug-likeness (QED) is 0.609. The fourth-order valence-corrected chi connectivity index (χ4v) is 2.00. The largest absolute Gasteiger partial charge is 0.368 e. The number of Topliss-reactive ketones (excluding diaryl/α,β-unsaturated/α-hetero) is 1. The first-order valence-electron chi connectivity index (χ1n) is 5.19. The Labute approximate surface area is 83.2 Å². The first-order valence-corrected chi connectivity index (χ1v) is 5.19. The molecule has 2 saturated heterocycles. The molecule has 0 radical (unpaired) electrons. The lowest BCUT2D eigenvalue weighted by molar-refractivity contribution is -0.145. The first kappa shape index (κ1) is 9.65. The Balaban J connectivity index is 1.92. The topological polar surface area (TPSA) is 46.6 Å². The fourth-order valence-electron chi connectivity index (χ4n) is 2.00. The van der Waals surface area contributed by atoms with Gasteiger partial charge in [-0.25, -0.2) is 0 Å². The number of piperidine rings is 1. The molecule has 0 N–H and O–H groups in total. The van der Waals surface area contributed by atoms with Gasteiger partial charge in [0.2, 0.25) is 0 Å². The Kier molecular flexibility index (Phi) is 2.82. The van der Waals surface area contributed by atoms with Crippen LogP contribution in [0.5, 0.6) is 0 Å². The van der Waals surface area contributed by atoms with Crippen molar-refractivity contribution in [3.63, 3.8) is 0 Å². The van der Waals surface area contributed by atoms with Crippen LogP contribution in [-0.2, 0) is 14.3 Å². The van der Waals surface area contributed by atoms with E-state index in [1.807, 2.05) is 0 Å². The van der Waals surface area contributed by atoms with E-state index >= 15 is 0 Å².